The molecule has 0 aliphatic rings. The molecule has 0 aliphatic carbocycles. The van der Waals surface area contributed by atoms with Gasteiger partial charge in [0.05, 0.1) is 19.1 Å². The number of hydrogen-bond acceptors (Lipinski definition) is 3. The molecule has 5 nitrogen and oxygen atoms in total. The zero-order valence-electron chi connectivity index (χ0n) is 10.7. The van der Waals surface area contributed by atoms with Crippen LogP contribution in [0, 0.1) is 18.3 Å². The smallest absolute Gasteiger partial charge is 0.242 e. The van der Waals surface area contributed by atoms with Crippen LogP contribution < -0.4 is 11.1 Å². The fourth-order valence-electron chi connectivity index (χ4n) is 1.18. The van der Waals surface area contributed by atoms with E-state index in [2.05, 4.69) is 11.2 Å². The molecule has 96 valence electrons. The van der Waals surface area contributed by atoms with Gasteiger partial charge in [0, 0.05) is 6.54 Å². The quantitative estimate of drug-likeness (QED) is 0.617. The number of terminal acetylenes is 1. The highest BCUT2D eigenvalue weighted by Crippen LogP contribution is 1.97. The van der Waals surface area contributed by atoms with Crippen molar-refractivity contribution >= 4 is 11.8 Å². The first-order chi connectivity index (χ1) is 7.93. The first kappa shape index (κ1) is 15.5. The van der Waals surface area contributed by atoms with Gasteiger partial charge in [-0.2, -0.15) is 0 Å². The van der Waals surface area contributed by atoms with Crippen LogP contribution in [0.15, 0.2) is 0 Å². The Labute approximate surface area is 103 Å². The molecule has 0 aliphatic heterocycles. The van der Waals surface area contributed by atoms with Crippen molar-refractivity contribution in [3.63, 3.8) is 0 Å². The summed E-state index contributed by atoms with van der Waals surface area (Å²) in [5.41, 5.74) is 5.64. The summed E-state index contributed by atoms with van der Waals surface area (Å²) in [5.74, 6) is 1.92. The minimum atomic E-state index is -0.592. The first-order valence-corrected chi connectivity index (χ1v) is 5.68. The molecule has 0 bridgehead atoms. The van der Waals surface area contributed by atoms with Gasteiger partial charge in [-0.1, -0.05) is 19.8 Å². The van der Waals surface area contributed by atoms with Crippen molar-refractivity contribution < 1.29 is 9.59 Å². The molecular weight excluding hydrogens is 218 g/mol. The maximum absolute atomic E-state index is 11.6. The normalized spacial score (nSPS) is 11.8. The maximum atomic E-state index is 11.6. The summed E-state index contributed by atoms with van der Waals surface area (Å²) in [7, 11) is 0. The molecule has 0 saturated heterocycles. The molecule has 0 radical (unpaired) electrons. The van der Waals surface area contributed by atoms with Crippen LogP contribution in [-0.4, -0.2) is 42.4 Å². The fraction of sp³-hybridized carbons (Fsp3) is 0.667. The highest BCUT2D eigenvalue weighted by molar-refractivity contribution is 5.87. The number of amides is 2. The molecule has 0 aromatic heterocycles. The Morgan fingerprint density at radius 1 is 1.47 bits per heavy atom. The number of nitrogens with one attached hydrogen (secondary N) is 1. The van der Waals surface area contributed by atoms with Crippen molar-refractivity contribution in [2.24, 2.45) is 11.7 Å². The van der Waals surface area contributed by atoms with Crippen molar-refractivity contribution in [1.82, 2.24) is 10.2 Å². The molecule has 0 unspecified atom stereocenters. The number of hydrogen-bond donors (Lipinski definition) is 2. The van der Waals surface area contributed by atoms with Crippen molar-refractivity contribution in [3.05, 3.63) is 0 Å². The third kappa shape index (κ3) is 5.36. The van der Waals surface area contributed by atoms with Gasteiger partial charge in [0.1, 0.15) is 0 Å². The van der Waals surface area contributed by atoms with Crippen LogP contribution in [0.1, 0.15) is 20.8 Å². The van der Waals surface area contributed by atoms with Gasteiger partial charge in [0.15, 0.2) is 0 Å². The van der Waals surface area contributed by atoms with E-state index in [1.165, 1.54) is 4.90 Å². The summed E-state index contributed by atoms with van der Waals surface area (Å²) in [4.78, 5) is 24.6. The standard InChI is InChI=1S/C12H21N3O2/c1-5-7-15(6-2)10(16)8-14-12(17)11(13)9(3)4/h1,9,11H,6-8,13H2,2-4H3,(H,14,17)/t11-/m0/s1. The third-order valence-electron chi connectivity index (χ3n) is 2.45. The summed E-state index contributed by atoms with van der Waals surface area (Å²) < 4.78 is 0. The van der Waals surface area contributed by atoms with Gasteiger partial charge in [-0.3, -0.25) is 9.59 Å². The molecule has 0 rings (SSSR count). The number of carbonyl (C=O) groups excluding carboxylic acids is 2. The molecule has 0 heterocycles. The molecule has 0 aromatic carbocycles. The number of carbonyl (C=O) groups is 2. The molecule has 3 N–H and O–H groups in total. The molecule has 0 saturated carbocycles. The van der Waals surface area contributed by atoms with Gasteiger partial charge >= 0.3 is 0 Å². The highest BCUT2D eigenvalue weighted by atomic mass is 16.2. The van der Waals surface area contributed by atoms with Gasteiger partial charge in [0.2, 0.25) is 11.8 Å². The Balaban J connectivity index is 4.16. The SMILES string of the molecule is C#CCN(CC)C(=O)CNC(=O)[C@@H](N)C(C)C. The van der Waals surface area contributed by atoms with E-state index >= 15 is 0 Å². The first-order valence-electron chi connectivity index (χ1n) is 5.68. The lowest BCUT2D eigenvalue weighted by Crippen LogP contribution is -2.48. The van der Waals surface area contributed by atoms with Gasteiger partial charge in [-0.25, -0.2) is 0 Å². The summed E-state index contributed by atoms with van der Waals surface area (Å²) in [6, 6.07) is -0.592. The van der Waals surface area contributed by atoms with E-state index in [0.717, 1.165) is 0 Å². The van der Waals surface area contributed by atoms with Crippen LogP contribution >= 0.6 is 0 Å². The molecule has 2 amide bonds. The monoisotopic (exact) mass is 239 g/mol. The van der Waals surface area contributed by atoms with E-state index in [1.54, 1.807) is 0 Å². The second-order valence-corrected chi connectivity index (χ2v) is 4.10. The molecule has 0 aromatic rings. The molecule has 5 heteroatoms. The third-order valence-corrected chi connectivity index (χ3v) is 2.45. The van der Waals surface area contributed by atoms with E-state index in [9.17, 15) is 9.59 Å². The lowest BCUT2D eigenvalue weighted by molar-refractivity contribution is -0.132. The maximum Gasteiger partial charge on any atom is 0.242 e. The lowest BCUT2D eigenvalue weighted by Gasteiger charge is -2.20. The number of nitrogens with zero attached hydrogens (tertiary/aromatic N) is 1. The zero-order chi connectivity index (χ0) is 13.4. The van der Waals surface area contributed by atoms with Crippen LogP contribution in [0.2, 0.25) is 0 Å². The second-order valence-electron chi connectivity index (χ2n) is 4.10. The second kappa shape index (κ2) is 7.69. The lowest BCUT2D eigenvalue weighted by atomic mass is 10.1. The molecule has 0 fully saturated rings. The van der Waals surface area contributed by atoms with E-state index in [4.69, 9.17) is 12.2 Å². The Bertz CT molecular complexity index is 307. The van der Waals surface area contributed by atoms with Crippen LogP contribution in [0.25, 0.3) is 0 Å². The van der Waals surface area contributed by atoms with Crippen LogP contribution in [0.5, 0.6) is 0 Å². The Kier molecular flexibility index (Phi) is 6.99. The zero-order valence-corrected chi connectivity index (χ0v) is 10.7. The van der Waals surface area contributed by atoms with E-state index < -0.39 is 6.04 Å². The summed E-state index contributed by atoms with van der Waals surface area (Å²) in [6.45, 7) is 6.24. The number of likely N-dealkylation sites (N-methyl/N-ethyl adjacent to an activating group) is 1. The summed E-state index contributed by atoms with van der Waals surface area (Å²) >= 11 is 0. The molecule has 0 spiro atoms. The van der Waals surface area contributed by atoms with Crippen molar-refractivity contribution in [2.75, 3.05) is 19.6 Å². The van der Waals surface area contributed by atoms with E-state index in [-0.39, 0.29) is 30.8 Å². The predicted molar refractivity (Wildman–Crippen MR) is 66.9 cm³/mol. The Hall–Kier alpha value is -1.54. The van der Waals surface area contributed by atoms with Gasteiger partial charge < -0.3 is 16.0 Å². The average molecular weight is 239 g/mol. The Morgan fingerprint density at radius 3 is 2.47 bits per heavy atom. The van der Waals surface area contributed by atoms with E-state index in [0.29, 0.717) is 6.54 Å². The fourth-order valence-corrected chi connectivity index (χ4v) is 1.18. The molecule has 17 heavy (non-hydrogen) atoms. The van der Waals surface area contributed by atoms with E-state index in [1.807, 2.05) is 20.8 Å². The minimum absolute atomic E-state index is 0.0399. The Morgan fingerprint density at radius 2 is 2.06 bits per heavy atom. The predicted octanol–water partition coefficient (Wildman–Crippen LogP) is -0.432. The van der Waals surface area contributed by atoms with Gasteiger partial charge in [-0.05, 0) is 12.8 Å². The summed E-state index contributed by atoms with van der Waals surface area (Å²) in [6.07, 6.45) is 5.14. The highest BCUT2D eigenvalue weighted by Gasteiger charge is 2.18. The van der Waals surface area contributed by atoms with Crippen molar-refractivity contribution in [2.45, 2.75) is 26.8 Å². The van der Waals surface area contributed by atoms with Gasteiger partial charge in [0.25, 0.3) is 0 Å². The summed E-state index contributed by atoms with van der Waals surface area (Å²) in [5, 5.41) is 2.51. The number of rotatable bonds is 6. The van der Waals surface area contributed by atoms with Gasteiger partial charge in [-0.15, -0.1) is 6.42 Å². The molecular formula is C12H21N3O2. The largest absolute Gasteiger partial charge is 0.346 e. The van der Waals surface area contributed by atoms with Crippen LogP contribution in [0.3, 0.4) is 0 Å². The van der Waals surface area contributed by atoms with Crippen molar-refractivity contribution in [3.8, 4) is 12.3 Å². The minimum Gasteiger partial charge on any atom is -0.346 e. The van der Waals surface area contributed by atoms with Crippen molar-refractivity contribution in [1.29, 1.82) is 0 Å². The topological polar surface area (TPSA) is 75.4 Å². The average Bonchev–Trinajstić information content (AvgIpc) is 2.31. The van der Waals surface area contributed by atoms with Crippen LogP contribution in [-0.2, 0) is 9.59 Å². The van der Waals surface area contributed by atoms with Crippen LogP contribution in [0.4, 0.5) is 0 Å². The molecule has 1 atom stereocenters. The number of nitrogens with two attached hydrogens (primary N) is 1.